The Morgan fingerprint density at radius 2 is 2.09 bits per heavy atom. The number of ether oxygens (including phenoxy) is 1. The maximum atomic E-state index is 11.6. The van der Waals surface area contributed by atoms with Crippen LogP contribution in [-0.4, -0.2) is 53.3 Å². The first kappa shape index (κ1) is 18.0. The highest BCUT2D eigenvalue weighted by Crippen LogP contribution is 2.13. The summed E-state index contributed by atoms with van der Waals surface area (Å²) in [6, 6.07) is 7.63. The number of hydrogen-bond acceptors (Lipinski definition) is 6. The molecule has 9 heteroatoms. The molecule has 0 atom stereocenters. The number of amides is 1. The Balaban J connectivity index is 0.00000242. The largest absolute Gasteiger partial charge is 0.383 e. The highest BCUT2D eigenvalue weighted by atomic mass is 35.5. The lowest BCUT2D eigenvalue weighted by Crippen LogP contribution is -2.34. The summed E-state index contributed by atoms with van der Waals surface area (Å²) in [5, 5.41) is 19.6. The average molecular weight is 327 g/mol. The summed E-state index contributed by atoms with van der Waals surface area (Å²) < 4.78 is 4.88. The summed E-state index contributed by atoms with van der Waals surface area (Å²) in [5.74, 6) is 0.501. The highest BCUT2D eigenvalue weighted by Gasteiger charge is 2.03. The van der Waals surface area contributed by atoms with Crippen molar-refractivity contribution in [1.82, 2.24) is 31.3 Å². The van der Waals surface area contributed by atoms with Crippen molar-refractivity contribution in [2.45, 2.75) is 6.54 Å². The molecule has 0 aliphatic rings. The zero-order valence-electron chi connectivity index (χ0n) is 12.2. The Hall–Kier alpha value is -2.03. The number of tetrazole rings is 1. The Morgan fingerprint density at radius 1 is 1.32 bits per heavy atom. The van der Waals surface area contributed by atoms with Gasteiger partial charge in [-0.05, 0) is 10.8 Å². The number of methoxy groups -OCH3 is 1. The van der Waals surface area contributed by atoms with Crippen molar-refractivity contribution in [3.8, 4) is 11.4 Å². The van der Waals surface area contributed by atoms with E-state index in [1.165, 1.54) is 0 Å². The zero-order valence-corrected chi connectivity index (χ0v) is 13.0. The Labute approximate surface area is 134 Å². The maximum Gasteiger partial charge on any atom is 0.234 e. The molecular formula is C13H19ClN6O2. The van der Waals surface area contributed by atoms with E-state index in [9.17, 15) is 4.79 Å². The minimum absolute atomic E-state index is 0. The molecule has 0 aliphatic heterocycles. The SMILES string of the molecule is COCCNCC(=O)NCc1ccc(-c2nn[nH]n2)cc1.Cl. The monoisotopic (exact) mass is 326 g/mol. The van der Waals surface area contributed by atoms with Crippen LogP contribution in [0, 0.1) is 0 Å². The topological polar surface area (TPSA) is 105 Å². The zero-order chi connectivity index (χ0) is 14.9. The molecule has 2 rings (SSSR count). The van der Waals surface area contributed by atoms with Crippen LogP contribution in [0.2, 0.25) is 0 Å². The molecule has 0 saturated carbocycles. The van der Waals surface area contributed by atoms with Gasteiger partial charge in [-0.25, -0.2) is 0 Å². The molecule has 22 heavy (non-hydrogen) atoms. The number of benzene rings is 1. The van der Waals surface area contributed by atoms with Crippen LogP contribution in [0.1, 0.15) is 5.56 Å². The number of aromatic amines is 1. The smallest absolute Gasteiger partial charge is 0.234 e. The highest BCUT2D eigenvalue weighted by molar-refractivity contribution is 5.85. The van der Waals surface area contributed by atoms with Gasteiger partial charge in [-0.3, -0.25) is 4.79 Å². The third-order valence-electron chi connectivity index (χ3n) is 2.82. The fourth-order valence-electron chi connectivity index (χ4n) is 1.70. The van der Waals surface area contributed by atoms with Crippen LogP contribution < -0.4 is 10.6 Å². The molecule has 2 aromatic rings. The molecule has 8 nitrogen and oxygen atoms in total. The van der Waals surface area contributed by atoms with Gasteiger partial charge in [-0.15, -0.1) is 22.6 Å². The van der Waals surface area contributed by atoms with Gasteiger partial charge in [-0.2, -0.15) is 5.21 Å². The van der Waals surface area contributed by atoms with Crippen LogP contribution in [0.3, 0.4) is 0 Å². The Bertz CT molecular complexity index is 546. The summed E-state index contributed by atoms with van der Waals surface area (Å²) in [7, 11) is 1.62. The van der Waals surface area contributed by atoms with E-state index >= 15 is 0 Å². The number of halogens is 1. The summed E-state index contributed by atoms with van der Waals surface area (Å²) in [6.07, 6.45) is 0. The van der Waals surface area contributed by atoms with Gasteiger partial charge in [0.25, 0.3) is 0 Å². The van der Waals surface area contributed by atoms with Crippen molar-refractivity contribution < 1.29 is 9.53 Å². The summed E-state index contributed by atoms with van der Waals surface area (Å²) in [6.45, 7) is 2.01. The van der Waals surface area contributed by atoms with Crippen LogP contribution in [0.15, 0.2) is 24.3 Å². The number of nitrogens with zero attached hydrogens (tertiary/aromatic N) is 3. The van der Waals surface area contributed by atoms with Crippen LogP contribution in [0.4, 0.5) is 0 Å². The van der Waals surface area contributed by atoms with Crippen molar-refractivity contribution in [2.75, 3.05) is 26.8 Å². The molecule has 0 unspecified atom stereocenters. The summed E-state index contributed by atoms with van der Waals surface area (Å²) in [4.78, 5) is 11.6. The van der Waals surface area contributed by atoms with Crippen molar-refractivity contribution in [2.24, 2.45) is 0 Å². The van der Waals surface area contributed by atoms with E-state index in [1.54, 1.807) is 7.11 Å². The van der Waals surface area contributed by atoms with Crippen LogP contribution in [0.25, 0.3) is 11.4 Å². The van der Waals surface area contributed by atoms with E-state index in [1.807, 2.05) is 24.3 Å². The number of H-pyrrole nitrogens is 1. The molecular weight excluding hydrogens is 308 g/mol. The lowest BCUT2D eigenvalue weighted by molar-refractivity contribution is -0.120. The predicted octanol–water partition coefficient (Wildman–Crippen LogP) is 0.141. The van der Waals surface area contributed by atoms with Gasteiger partial charge in [0.05, 0.1) is 13.2 Å². The fourth-order valence-corrected chi connectivity index (χ4v) is 1.70. The number of aromatic nitrogens is 4. The van der Waals surface area contributed by atoms with Crippen molar-refractivity contribution in [1.29, 1.82) is 0 Å². The molecule has 1 amide bonds. The molecule has 3 N–H and O–H groups in total. The second-order valence-electron chi connectivity index (χ2n) is 4.38. The second kappa shape index (κ2) is 9.82. The van der Waals surface area contributed by atoms with Crippen LogP contribution in [-0.2, 0) is 16.1 Å². The number of carbonyl (C=O) groups excluding carboxylic acids is 1. The molecule has 1 heterocycles. The Morgan fingerprint density at radius 3 is 2.73 bits per heavy atom. The van der Waals surface area contributed by atoms with E-state index in [0.29, 0.717) is 25.5 Å². The minimum atomic E-state index is -0.0478. The summed E-state index contributed by atoms with van der Waals surface area (Å²) >= 11 is 0. The van der Waals surface area contributed by atoms with Gasteiger partial charge >= 0.3 is 0 Å². The average Bonchev–Trinajstić information content (AvgIpc) is 3.04. The first-order valence-electron chi connectivity index (χ1n) is 6.58. The molecule has 0 radical (unpaired) electrons. The molecule has 0 saturated heterocycles. The lowest BCUT2D eigenvalue weighted by Gasteiger charge is -2.07. The van der Waals surface area contributed by atoms with Gasteiger partial charge in [-0.1, -0.05) is 24.3 Å². The molecule has 0 bridgehead atoms. The molecule has 1 aromatic heterocycles. The third kappa shape index (κ3) is 5.76. The lowest BCUT2D eigenvalue weighted by atomic mass is 10.1. The van der Waals surface area contributed by atoms with Gasteiger partial charge in [0, 0.05) is 25.8 Å². The van der Waals surface area contributed by atoms with E-state index in [2.05, 4.69) is 31.3 Å². The number of rotatable bonds is 8. The van der Waals surface area contributed by atoms with Crippen LogP contribution >= 0.6 is 12.4 Å². The molecule has 0 aliphatic carbocycles. The van der Waals surface area contributed by atoms with E-state index < -0.39 is 0 Å². The molecule has 0 fully saturated rings. The first-order valence-corrected chi connectivity index (χ1v) is 6.58. The van der Waals surface area contributed by atoms with Crippen molar-refractivity contribution in [3.05, 3.63) is 29.8 Å². The third-order valence-corrected chi connectivity index (χ3v) is 2.82. The van der Waals surface area contributed by atoms with Crippen LogP contribution in [0.5, 0.6) is 0 Å². The van der Waals surface area contributed by atoms with Gasteiger partial charge < -0.3 is 15.4 Å². The fraction of sp³-hybridized carbons (Fsp3) is 0.385. The molecule has 1 aromatic carbocycles. The number of nitrogens with one attached hydrogen (secondary N) is 3. The number of hydrogen-bond donors (Lipinski definition) is 3. The quantitative estimate of drug-likeness (QED) is 0.596. The number of carbonyl (C=O) groups is 1. The minimum Gasteiger partial charge on any atom is -0.383 e. The van der Waals surface area contributed by atoms with Gasteiger partial charge in [0.1, 0.15) is 0 Å². The van der Waals surface area contributed by atoms with Gasteiger partial charge in [0.2, 0.25) is 11.7 Å². The van der Waals surface area contributed by atoms with E-state index in [4.69, 9.17) is 4.74 Å². The molecule has 0 spiro atoms. The first-order chi connectivity index (χ1) is 10.3. The maximum absolute atomic E-state index is 11.6. The van der Waals surface area contributed by atoms with Crippen molar-refractivity contribution in [3.63, 3.8) is 0 Å². The summed E-state index contributed by atoms with van der Waals surface area (Å²) in [5.41, 5.74) is 1.88. The van der Waals surface area contributed by atoms with Gasteiger partial charge in [0.15, 0.2) is 0 Å². The predicted molar refractivity (Wildman–Crippen MR) is 83.5 cm³/mol. The van der Waals surface area contributed by atoms with E-state index in [0.717, 1.165) is 11.1 Å². The van der Waals surface area contributed by atoms with Crippen molar-refractivity contribution >= 4 is 18.3 Å². The molecule has 120 valence electrons. The normalized spacial score (nSPS) is 10.0. The standard InChI is InChI=1S/C13H18N6O2.ClH/c1-21-7-6-14-9-12(20)15-8-10-2-4-11(5-3-10)13-16-18-19-17-13;/h2-5,14H,6-9H2,1H3,(H,15,20)(H,16,17,18,19);1H. The van der Waals surface area contributed by atoms with E-state index in [-0.39, 0.29) is 24.9 Å². The second-order valence-corrected chi connectivity index (χ2v) is 4.38. The Kier molecular flexibility index (Phi) is 8.05.